The highest BCUT2D eigenvalue weighted by Crippen LogP contribution is 2.31. The molecule has 2 rings (SSSR count). The van der Waals surface area contributed by atoms with Gasteiger partial charge in [0.2, 0.25) is 0 Å². The first-order valence-corrected chi connectivity index (χ1v) is 9.49. The average molecular weight is 462 g/mol. The number of aliphatic imine (C=N–C) groups is 1. The lowest BCUT2D eigenvalue weighted by Crippen LogP contribution is -2.47. The van der Waals surface area contributed by atoms with E-state index in [2.05, 4.69) is 51.2 Å². The normalized spacial score (nSPS) is 18.3. The summed E-state index contributed by atoms with van der Waals surface area (Å²) in [4.78, 5) is 4.37. The largest absolute Gasteiger partial charge is 0.355 e. The third kappa shape index (κ3) is 6.75. The highest BCUT2D eigenvalue weighted by molar-refractivity contribution is 14.0. The van der Waals surface area contributed by atoms with Gasteiger partial charge in [-0.2, -0.15) is 0 Å². The molecule has 2 atom stereocenters. The summed E-state index contributed by atoms with van der Waals surface area (Å²) in [5, 5.41) is 15.1. The molecule has 1 heterocycles. The van der Waals surface area contributed by atoms with E-state index in [1.54, 1.807) is 6.33 Å². The first-order chi connectivity index (χ1) is 11.7. The SMILES string of the molecule is CCc1nncn1CCNC(=NC)NC(C)C(C)C1CCCCC1.I. The molecule has 0 aromatic carbocycles. The summed E-state index contributed by atoms with van der Waals surface area (Å²) in [6.07, 6.45) is 9.67. The van der Waals surface area contributed by atoms with E-state index in [-0.39, 0.29) is 24.0 Å². The second kappa shape index (κ2) is 11.7. The maximum absolute atomic E-state index is 4.37. The van der Waals surface area contributed by atoms with Gasteiger partial charge in [0.1, 0.15) is 12.2 Å². The van der Waals surface area contributed by atoms with Gasteiger partial charge in [-0.25, -0.2) is 0 Å². The Morgan fingerprint density at radius 2 is 2.04 bits per heavy atom. The van der Waals surface area contributed by atoms with Crippen molar-refractivity contribution in [1.29, 1.82) is 0 Å². The molecule has 2 N–H and O–H groups in total. The standard InChI is InChI=1S/C18H34N6.HI/c1-5-17-23-21-13-24(17)12-11-20-18(19-4)22-15(3)14(2)16-9-7-6-8-10-16;/h13-16H,5-12H2,1-4H3,(H2,19,20,22);1H. The van der Waals surface area contributed by atoms with Crippen molar-refractivity contribution in [1.82, 2.24) is 25.4 Å². The molecule has 2 unspecified atom stereocenters. The lowest BCUT2D eigenvalue weighted by atomic mass is 9.78. The predicted molar refractivity (Wildman–Crippen MR) is 115 cm³/mol. The fourth-order valence-corrected chi connectivity index (χ4v) is 3.64. The number of aryl methyl sites for hydroxylation is 1. The highest BCUT2D eigenvalue weighted by Gasteiger charge is 2.24. The summed E-state index contributed by atoms with van der Waals surface area (Å²) < 4.78 is 2.09. The molecule has 25 heavy (non-hydrogen) atoms. The van der Waals surface area contributed by atoms with Gasteiger partial charge in [0.25, 0.3) is 0 Å². The van der Waals surface area contributed by atoms with Crippen LogP contribution < -0.4 is 10.6 Å². The molecule has 0 saturated heterocycles. The Kier molecular flexibility index (Phi) is 10.4. The average Bonchev–Trinajstić information content (AvgIpc) is 3.08. The van der Waals surface area contributed by atoms with Gasteiger partial charge in [0.05, 0.1) is 0 Å². The van der Waals surface area contributed by atoms with E-state index in [1.165, 1.54) is 32.1 Å². The molecule has 0 radical (unpaired) electrons. The van der Waals surface area contributed by atoms with Gasteiger partial charge < -0.3 is 15.2 Å². The van der Waals surface area contributed by atoms with E-state index >= 15 is 0 Å². The smallest absolute Gasteiger partial charge is 0.191 e. The van der Waals surface area contributed by atoms with Crippen molar-refractivity contribution in [3.05, 3.63) is 12.2 Å². The predicted octanol–water partition coefficient (Wildman–Crippen LogP) is 3.23. The van der Waals surface area contributed by atoms with E-state index in [1.807, 2.05) is 7.05 Å². The van der Waals surface area contributed by atoms with Crippen molar-refractivity contribution < 1.29 is 0 Å². The summed E-state index contributed by atoms with van der Waals surface area (Å²) >= 11 is 0. The number of guanidine groups is 1. The Balaban J connectivity index is 0.00000312. The van der Waals surface area contributed by atoms with Gasteiger partial charge in [-0.1, -0.05) is 46.0 Å². The van der Waals surface area contributed by atoms with Crippen LogP contribution in [-0.4, -0.2) is 40.4 Å². The van der Waals surface area contributed by atoms with E-state index < -0.39 is 0 Å². The van der Waals surface area contributed by atoms with Gasteiger partial charge in [-0.05, 0) is 18.8 Å². The number of halogens is 1. The van der Waals surface area contributed by atoms with Crippen LogP contribution in [0.25, 0.3) is 0 Å². The first-order valence-electron chi connectivity index (χ1n) is 9.49. The third-order valence-electron chi connectivity index (χ3n) is 5.43. The summed E-state index contributed by atoms with van der Waals surface area (Å²) in [6, 6.07) is 0.431. The Morgan fingerprint density at radius 3 is 2.68 bits per heavy atom. The lowest BCUT2D eigenvalue weighted by molar-refractivity contribution is 0.229. The van der Waals surface area contributed by atoms with Crippen molar-refractivity contribution in [3.63, 3.8) is 0 Å². The fourth-order valence-electron chi connectivity index (χ4n) is 3.64. The van der Waals surface area contributed by atoms with Crippen molar-refractivity contribution in [2.24, 2.45) is 16.8 Å². The Labute approximate surface area is 169 Å². The molecule has 7 heteroatoms. The minimum Gasteiger partial charge on any atom is -0.355 e. The zero-order valence-corrected chi connectivity index (χ0v) is 18.5. The van der Waals surface area contributed by atoms with Crippen molar-refractivity contribution in [2.75, 3.05) is 13.6 Å². The summed E-state index contributed by atoms with van der Waals surface area (Å²) in [5.41, 5.74) is 0. The van der Waals surface area contributed by atoms with Gasteiger partial charge in [0, 0.05) is 32.6 Å². The summed E-state index contributed by atoms with van der Waals surface area (Å²) in [6.45, 7) is 8.42. The molecular weight excluding hydrogens is 427 g/mol. The number of hydrogen-bond donors (Lipinski definition) is 2. The molecule has 0 bridgehead atoms. The Bertz CT molecular complexity index is 509. The van der Waals surface area contributed by atoms with Crippen LogP contribution in [0.5, 0.6) is 0 Å². The molecule has 1 aliphatic carbocycles. The van der Waals surface area contributed by atoms with Crippen LogP contribution in [0.2, 0.25) is 0 Å². The van der Waals surface area contributed by atoms with Crippen LogP contribution in [0.4, 0.5) is 0 Å². The van der Waals surface area contributed by atoms with E-state index in [9.17, 15) is 0 Å². The highest BCUT2D eigenvalue weighted by atomic mass is 127. The fraction of sp³-hybridized carbons (Fsp3) is 0.833. The number of rotatable bonds is 7. The second-order valence-corrected chi connectivity index (χ2v) is 6.98. The van der Waals surface area contributed by atoms with E-state index in [0.29, 0.717) is 12.0 Å². The monoisotopic (exact) mass is 462 g/mol. The van der Waals surface area contributed by atoms with E-state index in [0.717, 1.165) is 37.2 Å². The Morgan fingerprint density at radius 1 is 1.32 bits per heavy atom. The van der Waals surface area contributed by atoms with Gasteiger partial charge in [0.15, 0.2) is 5.96 Å². The molecular formula is C18H35IN6. The van der Waals surface area contributed by atoms with Crippen LogP contribution in [0.3, 0.4) is 0 Å². The summed E-state index contributed by atoms with van der Waals surface area (Å²) in [5.74, 6) is 3.44. The number of aromatic nitrogens is 3. The zero-order chi connectivity index (χ0) is 17.4. The second-order valence-electron chi connectivity index (χ2n) is 6.98. The quantitative estimate of drug-likeness (QED) is 0.371. The number of hydrogen-bond acceptors (Lipinski definition) is 3. The van der Waals surface area contributed by atoms with Crippen molar-refractivity contribution in [2.45, 2.75) is 71.9 Å². The molecule has 0 amide bonds. The van der Waals surface area contributed by atoms with Gasteiger partial charge in [-0.15, -0.1) is 34.2 Å². The van der Waals surface area contributed by atoms with Crippen LogP contribution in [0.15, 0.2) is 11.3 Å². The lowest BCUT2D eigenvalue weighted by Gasteiger charge is -2.32. The molecule has 1 saturated carbocycles. The van der Waals surface area contributed by atoms with Crippen LogP contribution in [0.1, 0.15) is 58.7 Å². The van der Waals surface area contributed by atoms with Gasteiger partial charge >= 0.3 is 0 Å². The minimum absolute atomic E-state index is 0. The first kappa shape index (κ1) is 22.2. The molecule has 1 fully saturated rings. The third-order valence-corrected chi connectivity index (χ3v) is 5.43. The van der Waals surface area contributed by atoms with Crippen LogP contribution in [-0.2, 0) is 13.0 Å². The van der Waals surface area contributed by atoms with Crippen LogP contribution >= 0.6 is 24.0 Å². The topological polar surface area (TPSA) is 67.1 Å². The molecule has 6 nitrogen and oxygen atoms in total. The molecule has 1 aliphatic rings. The number of nitrogens with zero attached hydrogens (tertiary/aromatic N) is 4. The molecule has 144 valence electrons. The molecule has 0 aliphatic heterocycles. The molecule has 1 aromatic heterocycles. The van der Waals surface area contributed by atoms with Gasteiger partial charge in [-0.3, -0.25) is 4.99 Å². The van der Waals surface area contributed by atoms with Crippen LogP contribution in [0, 0.1) is 11.8 Å². The van der Waals surface area contributed by atoms with E-state index in [4.69, 9.17) is 0 Å². The number of nitrogens with one attached hydrogen (secondary N) is 2. The molecule has 0 spiro atoms. The zero-order valence-electron chi connectivity index (χ0n) is 16.2. The Hall–Kier alpha value is -0.860. The maximum Gasteiger partial charge on any atom is 0.191 e. The minimum atomic E-state index is 0. The maximum atomic E-state index is 4.37. The van der Waals surface area contributed by atoms with Crippen molar-refractivity contribution >= 4 is 29.9 Å². The van der Waals surface area contributed by atoms with Crippen molar-refractivity contribution in [3.8, 4) is 0 Å². The molecule has 1 aromatic rings. The summed E-state index contributed by atoms with van der Waals surface area (Å²) in [7, 11) is 1.84.